The third-order valence-electron chi connectivity index (χ3n) is 19.6. The van der Waals surface area contributed by atoms with E-state index in [1.165, 1.54) is 101 Å². The number of carbonyl (C=O) groups is 3. The fourth-order valence-corrected chi connectivity index (χ4v) is 14.9. The lowest BCUT2D eigenvalue weighted by atomic mass is 9.88. The van der Waals surface area contributed by atoms with Gasteiger partial charge in [0, 0.05) is 65.6 Å². The number of aromatic amines is 3. The molecule has 0 fully saturated rings. The van der Waals surface area contributed by atoms with Crippen LogP contribution >= 0.6 is 31.9 Å². The molecule has 0 spiro atoms. The molecule has 7 aromatic carbocycles. The van der Waals surface area contributed by atoms with Crippen LogP contribution in [-0.4, -0.2) is 97.3 Å². The highest BCUT2D eigenvalue weighted by atomic mass is 79.9. The second-order valence-electron chi connectivity index (χ2n) is 30.5. The van der Waals surface area contributed by atoms with Crippen molar-refractivity contribution in [3.05, 3.63) is 370 Å². The number of hydrogen-bond acceptors (Lipinski definition) is 29. The Morgan fingerprint density at radius 3 is 1.24 bits per heavy atom. The van der Waals surface area contributed by atoms with Crippen LogP contribution in [-0.2, 0) is 26.2 Å². The topological polar surface area (TPSA) is 565 Å². The maximum absolute atomic E-state index is 14.6. The fourth-order valence-electron chi connectivity index (χ4n) is 13.5. The van der Waals surface area contributed by atoms with Crippen LogP contribution in [0.3, 0.4) is 0 Å². The summed E-state index contributed by atoms with van der Waals surface area (Å²) in [6.45, 7) is 28.5. The largest absolute Gasteiger partial charge is 0.497 e. The van der Waals surface area contributed by atoms with E-state index >= 15 is 0 Å². The number of carbonyl (C=O) groups excluding carboxylic acids is 3. The molecule has 12 rings (SSSR count). The van der Waals surface area contributed by atoms with Gasteiger partial charge in [-0.05, 0) is 174 Å². The third kappa shape index (κ3) is 28.9. The highest BCUT2D eigenvalue weighted by Gasteiger charge is 2.31. The Balaban J connectivity index is 0.000000238. The summed E-state index contributed by atoms with van der Waals surface area (Å²) in [7, 11) is 7.32. The predicted octanol–water partition coefficient (Wildman–Crippen LogP) is 16.1. The second kappa shape index (κ2) is 51.3. The van der Waals surface area contributed by atoms with Crippen molar-refractivity contribution in [2.24, 2.45) is 0 Å². The minimum absolute atomic E-state index is 0.00143. The number of pyridine rings is 1. The Labute approximate surface area is 813 Å². The number of nitriles is 11. The summed E-state index contributed by atoms with van der Waals surface area (Å²) < 4.78 is 43.6. The van der Waals surface area contributed by atoms with Crippen molar-refractivity contribution in [1.82, 2.24) is 44.4 Å². The van der Waals surface area contributed by atoms with Gasteiger partial charge in [-0.25, -0.2) is 27.7 Å². The van der Waals surface area contributed by atoms with Gasteiger partial charge in [-0.2, -0.15) is 82.2 Å². The first kappa shape index (κ1) is 107. The summed E-state index contributed by atoms with van der Waals surface area (Å²) >= 11 is 6.70. The van der Waals surface area contributed by atoms with E-state index < -0.39 is 57.6 Å². The number of hydrogen-bond donors (Lipinski definition) is 4. The Bertz CT molecular complexity index is 7420. The van der Waals surface area contributed by atoms with E-state index in [1.54, 1.807) is 71.2 Å². The number of methoxy groups -OCH3 is 5. The van der Waals surface area contributed by atoms with Crippen LogP contribution in [0.4, 0.5) is 10.2 Å². The zero-order valence-electron chi connectivity index (χ0n) is 76.6. The van der Waals surface area contributed by atoms with Gasteiger partial charge in [0.1, 0.15) is 28.9 Å². The zero-order valence-corrected chi connectivity index (χ0v) is 79.8. The van der Waals surface area contributed by atoms with Gasteiger partial charge in [0.05, 0.1) is 176 Å². The Morgan fingerprint density at radius 2 is 0.835 bits per heavy atom. The van der Waals surface area contributed by atoms with Gasteiger partial charge < -0.3 is 43.7 Å². The zero-order chi connectivity index (χ0) is 103. The monoisotopic (exact) mass is 1980 g/mol. The molecule has 1 atom stereocenters. The first-order valence-corrected chi connectivity index (χ1v) is 42.7. The van der Waals surface area contributed by atoms with Gasteiger partial charge in [0.25, 0.3) is 11.1 Å². The van der Waals surface area contributed by atoms with Crippen molar-refractivity contribution in [3.8, 4) is 96.3 Å². The fraction of sp³-hybridized carbons (Fsp3) is 0.218. The van der Waals surface area contributed by atoms with Gasteiger partial charge in [0.2, 0.25) is 48.1 Å². The molecule has 0 aliphatic rings. The molecule has 0 radical (unpaired) electrons. The standard InChI is InChI=1S/C30H25FN6O4.C19H17N5O2.C18H16N4O3.C16H12N4O3.C10H5N3.C8H5Br2N/c1-17(2)26-27(28(38)22-9-19(13-32)8-20(10-22)14-33)37(30(40)36-29(26)39)16-21-11-24(31)35-25(12-21)34-15-18-4-6-23(41-3)7-5-18;1-11(2)16-17(23-19(26-4)24-18(16)25-3)15(10-22)14-6-12(8-20)5-13(7-14)9-21;1-10(2)14-15(21-18(25-4)22-17(14)24-3)16(23)13-6-11(8-19)5-12(7-13)9-20;1-8(2)12-13(19-16(23)20-15(12)22)14(21)11-4-9(6-17)3-10(5-11)7-18;1-13-7-10-3-8(5-11)2-9(4-10)6-12;1-11-5-6-2-7(9)4-8(10)3-6/h4-12,17H,15-16H2,1-3H3,(H,34,35)(H,36,39,40);5-7,11,15H,1-4H3;5-7,10H,1-4H3;3-5,8H,1-2H3,(H2,19,20,22,23);2-4H,7H2;2-4H,5H2. The summed E-state index contributed by atoms with van der Waals surface area (Å²) in [4.78, 5) is 123. The van der Waals surface area contributed by atoms with E-state index in [9.17, 15) is 64.3 Å². The minimum Gasteiger partial charge on any atom is -0.497 e. The molecule has 0 bridgehead atoms. The molecule has 5 heterocycles. The van der Waals surface area contributed by atoms with E-state index in [2.05, 4.69) is 92.8 Å². The number of H-pyrrole nitrogens is 3. The number of nitrogens with zero attached hydrogens (tertiary/aromatic N) is 19. The van der Waals surface area contributed by atoms with E-state index in [0.717, 1.165) is 30.7 Å². The molecule has 692 valence electrons. The van der Waals surface area contributed by atoms with Crippen LogP contribution in [0, 0.1) is 144 Å². The quantitative estimate of drug-likeness (QED) is 0.0248. The van der Waals surface area contributed by atoms with Crippen LogP contribution in [0.5, 0.6) is 29.5 Å². The van der Waals surface area contributed by atoms with Crippen LogP contribution in [0.2, 0.25) is 0 Å². The Morgan fingerprint density at radius 1 is 0.432 bits per heavy atom. The lowest BCUT2D eigenvalue weighted by Crippen LogP contribution is -2.38. The Kier molecular flexibility index (Phi) is 39.6. The summed E-state index contributed by atoms with van der Waals surface area (Å²) in [6.07, 6.45) is 0. The number of aromatic nitrogens is 9. The second-order valence-corrected chi connectivity index (χ2v) is 32.4. The molecule has 0 aliphatic carbocycles. The first-order valence-electron chi connectivity index (χ1n) is 41.1. The van der Waals surface area contributed by atoms with Crippen molar-refractivity contribution >= 4 is 55.0 Å². The predicted molar refractivity (Wildman–Crippen MR) is 509 cm³/mol. The number of benzene rings is 7. The van der Waals surface area contributed by atoms with Gasteiger partial charge >= 0.3 is 23.4 Å². The molecule has 4 N–H and O–H groups in total. The number of anilines is 1. The highest BCUT2D eigenvalue weighted by Crippen LogP contribution is 2.38. The van der Waals surface area contributed by atoms with Crippen LogP contribution in [0.25, 0.3) is 9.69 Å². The van der Waals surface area contributed by atoms with Crippen molar-refractivity contribution in [2.75, 3.05) is 40.9 Å². The molecule has 12 aromatic rings. The number of ether oxygens (including phenoxy) is 5. The maximum atomic E-state index is 14.6. The Hall–Kier alpha value is -18.7. The smallest absolute Gasteiger partial charge is 0.329 e. The molecular weight excluding hydrogens is 1910 g/mol. The molecule has 5 aromatic heterocycles. The number of rotatable bonds is 24. The first-order chi connectivity index (χ1) is 66.4. The molecule has 0 aliphatic heterocycles. The minimum atomic E-state index is -0.871. The van der Waals surface area contributed by atoms with Gasteiger partial charge in [-0.1, -0.05) is 99.4 Å². The van der Waals surface area contributed by atoms with Crippen molar-refractivity contribution in [1.29, 1.82) is 57.9 Å². The highest BCUT2D eigenvalue weighted by molar-refractivity contribution is 9.11. The molecular formula is C101H80Br2FN23O12. The summed E-state index contributed by atoms with van der Waals surface area (Å²) in [6, 6.07) is 59.0. The van der Waals surface area contributed by atoms with Gasteiger partial charge in [0.15, 0.2) is 0 Å². The molecule has 139 heavy (non-hydrogen) atoms. The van der Waals surface area contributed by atoms with Gasteiger partial charge in [-0.15, -0.1) is 0 Å². The van der Waals surface area contributed by atoms with Crippen molar-refractivity contribution in [2.45, 2.75) is 111 Å². The van der Waals surface area contributed by atoms with Crippen LogP contribution < -0.4 is 51.5 Å². The van der Waals surface area contributed by atoms with E-state index in [4.69, 9.17) is 68.4 Å². The molecule has 0 saturated carbocycles. The average molecular weight is 1990 g/mol. The summed E-state index contributed by atoms with van der Waals surface area (Å²) in [5.74, 6) is -2.80. The molecule has 1 unspecified atom stereocenters. The normalized spacial score (nSPS) is 10.2. The summed E-state index contributed by atoms with van der Waals surface area (Å²) in [5.41, 5.74) is 4.60. The van der Waals surface area contributed by atoms with E-state index in [1.807, 2.05) is 119 Å². The molecule has 0 saturated heterocycles. The number of halogens is 3. The maximum Gasteiger partial charge on any atom is 0.329 e. The van der Waals surface area contributed by atoms with E-state index in [0.29, 0.717) is 80.5 Å². The van der Waals surface area contributed by atoms with Gasteiger partial charge in [-0.3, -0.25) is 38.5 Å². The average Bonchev–Trinajstić information content (AvgIpc) is 0.764. The molecule has 0 amide bonds. The number of ketones is 3. The number of nitrogens with one attached hydrogen (secondary N) is 4. The van der Waals surface area contributed by atoms with Crippen molar-refractivity contribution < 1.29 is 42.5 Å². The molecule has 38 heteroatoms. The lowest BCUT2D eigenvalue weighted by Gasteiger charge is -2.19. The third-order valence-corrected chi connectivity index (χ3v) is 20.5. The SMILES string of the molecule is CC(C)c1c(C(=O)c2cc(C#N)cc(C#N)c2)[nH]c(=O)[nH]c1=O.COc1ccc(CNc2cc(Cn3c(C(=O)c4cc(C#N)cc(C#N)c4)c(C(C)C)c(=O)[nH]c3=O)cc(F)n2)cc1.COc1nc(OC)c(C(C)C)c(C(=O)c2cc(C#N)cc(C#N)c2)n1.COc1nc(OC)c(C(C)C)c(C(C#N)c2cc(C#N)cc(C#N)c2)n1.[C-]#[N+]Cc1cc(Br)cc(Br)c1.[C-]#[N+]Cc1cc(C#N)cc(C#N)c1. The van der Waals surface area contributed by atoms with E-state index in [-0.39, 0.29) is 133 Å². The summed E-state index contributed by atoms with van der Waals surface area (Å²) in [5, 5.41) is 103. The lowest BCUT2D eigenvalue weighted by molar-refractivity contribution is 0.102. The van der Waals surface area contributed by atoms with Crippen LogP contribution in [0.1, 0.15) is 245 Å². The van der Waals surface area contributed by atoms with Crippen molar-refractivity contribution in [3.63, 3.8) is 0 Å². The molecule has 35 nitrogen and oxygen atoms in total. The van der Waals surface area contributed by atoms with Crippen LogP contribution in [0.15, 0.2) is 174 Å².